The molecule has 1 fully saturated rings. The molecule has 138 valence electrons. The first-order chi connectivity index (χ1) is 12.6. The highest BCUT2D eigenvalue weighted by Gasteiger charge is 2.25. The smallest absolute Gasteiger partial charge is 0.273 e. The van der Waals surface area contributed by atoms with Gasteiger partial charge in [-0.25, -0.2) is 4.98 Å². The number of benzene rings is 1. The molecule has 0 bridgehead atoms. The number of anilines is 2. The molecule has 7 heteroatoms. The van der Waals surface area contributed by atoms with E-state index in [4.69, 9.17) is 9.47 Å². The fourth-order valence-electron chi connectivity index (χ4n) is 3.25. The molecule has 2 aliphatic heterocycles. The molecule has 26 heavy (non-hydrogen) atoms. The van der Waals surface area contributed by atoms with Gasteiger partial charge in [0.2, 0.25) is 0 Å². The molecule has 0 unspecified atom stereocenters. The standard InChI is InChI=1S/C19H23N3O3S/c1-12-5-7-22(8-6-12)18(23)17-13(2)26-19(21-17)20-14-3-4-15-16(11-14)25-10-9-24-15/h3-4,11-12H,5-10H2,1-2H3,(H,20,21). The maximum atomic E-state index is 12.8. The summed E-state index contributed by atoms with van der Waals surface area (Å²) >= 11 is 1.50. The molecule has 4 rings (SSSR count). The van der Waals surface area contributed by atoms with E-state index < -0.39 is 0 Å². The Morgan fingerprint density at radius 1 is 1.23 bits per heavy atom. The van der Waals surface area contributed by atoms with Crippen molar-refractivity contribution in [1.82, 2.24) is 9.88 Å². The number of nitrogens with one attached hydrogen (secondary N) is 1. The van der Waals surface area contributed by atoms with Gasteiger partial charge in [-0.1, -0.05) is 6.92 Å². The van der Waals surface area contributed by atoms with E-state index in [1.165, 1.54) is 11.3 Å². The molecule has 1 amide bonds. The zero-order valence-electron chi connectivity index (χ0n) is 15.1. The lowest BCUT2D eigenvalue weighted by atomic mass is 9.99. The van der Waals surface area contributed by atoms with E-state index in [1.54, 1.807) is 0 Å². The van der Waals surface area contributed by atoms with Gasteiger partial charge < -0.3 is 19.7 Å². The Labute approximate surface area is 157 Å². The van der Waals surface area contributed by atoms with Gasteiger partial charge in [-0.3, -0.25) is 4.79 Å². The third-order valence-corrected chi connectivity index (χ3v) is 5.75. The molecule has 0 radical (unpaired) electrons. The van der Waals surface area contributed by atoms with Crippen molar-refractivity contribution in [3.05, 3.63) is 28.8 Å². The second-order valence-corrected chi connectivity index (χ2v) is 8.09. The Morgan fingerprint density at radius 3 is 2.73 bits per heavy atom. The van der Waals surface area contributed by atoms with Gasteiger partial charge in [-0.2, -0.15) is 0 Å². The predicted molar refractivity (Wildman–Crippen MR) is 102 cm³/mol. The van der Waals surface area contributed by atoms with Crippen LogP contribution >= 0.6 is 11.3 Å². The van der Waals surface area contributed by atoms with Crippen LogP contribution in [0.5, 0.6) is 11.5 Å². The van der Waals surface area contributed by atoms with Crippen LogP contribution in [0.25, 0.3) is 0 Å². The van der Waals surface area contributed by atoms with Gasteiger partial charge >= 0.3 is 0 Å². The van der Waals surface area contributed by atoms with Crippen molar-refractivity contribution in [2.75, 3.05) is 31.6 Å². The van der Waals surface area contributed by atoms with Crippen LogP contribution < -0.4 is 14.8 Å². The number of carbonyl (C=O) groups excluding carboxylic acids is 1. The van der Waals surface area contributed by atoms with Gasteiger partial charge in [-0.15, -0.1) is 11.3 Å². The summed E-state index contributed by atoms with van der Waals surface area (Å²) in [5, 5.41) is 4.00. The number of likely N-dealkylation sites (tertiary alicyclic amines) is 1. The van der Waals surface area contributed by atoms with Crippen LogP contribution in [-0.2, 0) is 0 Å². The topological polar surface area (TPSA) is 63.7 Å². The molecule has 1 aromatic heterocycles. The first-order valence-electron chi connectivity index (χ1n) is 9.03. The van der Waals surface area contributed by atoms with Crippen LogP contribution in [0.1, 0.15) is 35.1 Å². The molecule has 2 aromatic rings. The van der Waals surface area contributed by atoms with Crippen LogP contribution in [0.4, 0.5) is 10.8 Å². The third kappa shape index (κ3) is 3.49. The van der Waals surface area contributed by atoms with Gasteiger partial charge in [0, 0.05) is 29.7 Å². The molecule has 6 nitrogen and oxygen atoms in total. The van der Waals surface area contributed by atoms with E-state index in [0.717, 1.165) is 48.0 Å². The van der Waals surface area contributed by atoms with E-state index in [9.17, 15) is 4.79 Å². The lowest BCUT2D eigenvalue weighted by Gasteiger charge is -2.29. The Hall–Kier alpha value is -2.28. The normalized spacial score (nSPS) is 17.2. The van der Waals surface area contributed by atoms with E-state index in [-0.39, 0.29) is 5.91 Å². The molecular formula is C19H23N3O3S. The zero-order chi connectivity index (χ0) is 18.1. The lowest BCUT2D eigenvalue weighted by molar-refractivity contribution is 0.0691. The van der Waals surface area contributed by atoms with Crippen LogP contribution in [0.2, 0.25) is 0 Å². The van der Waals surface area contributed by atoms with Gasteiger partial charge in [0.25, 0.3) is 5.91 Å². The fraction of sp³-hybridized carbons (Fsp3) is 0.474. The number of aryl methyl sites for hydroxylation is 1. The van der Waals surface area contributed by atoms with E-state index in [1.807, 2.05) is 30.0 Å². The fourth-order valence-corrected chi connectivity index (χ4v) is 4.08. The summed E-state index contributed by atoms with van der Waals surface area (Å²) < 4.78 is 11.2. The first-order valence-corrected chi connectivity index (χ1v) is 9.85. The molecule has 0 spiro atoms. The first kappa shape index (κ1) is 17.1. The van der Waals surface area contributed by atoms with Crippen molar-refractivity contribution in [2.45, 2.75) is 26.7 Å². The highest BCUT2D eigenvalue weighted by molar-refractivity contribution is 7.15. The third-order valence-electron chi connectivity index (χ3n) is 4.86. The van der Waals surface area contributed by atoms with Gasteiger partial charge in [0.05, 0.1) is 0 Å². The van der Waals surface area contributed by atoms with Crippen molar-refractivity contribution in [3.63, 3.8) is 0 Å². The quantitative estimate of drug-likeness (QED) is 0.886. The molecule has 0 atom stereocenters. The SMILES string of the molecule is Cc1sc(Nc2ccc3c(c2)OCCO3)nc1C(=O)N1CCC(C)CC1. The average molecular weight is 373 g/mol. The minimum Gasteiger partial charge on any atom is -0.486 e. The average Bonchev–Trinajstić information content (AvgIpc) is 3.02. The number of amides is 1. The van der Waals surface area contributed by atoms with E-state index in [0.29, 0.717) is 30.0 Å². The summed E-state index contributed by atoms with van der Waals surface area (Å²) in [5.74, 6) is 2.23. The number of hydrogen-bond donors (Lipinski definition) is 1. The number of ether oxygens (including phenoxy) is 2. The van der Waals surface area contributed by atoms with Crippen LogP contribution in [0.3, 0.4) is 0 Å². The highest BCUT2D eigenvalue weighted by atomic mass is 32.1. The summed E-state index contributed by atoms with van der Waals surface area (Å²) in [7, 11) is 0. The number of hydrogen-bond acceptors (Lipinski definition) is 6. The maximum absolute atomic E-state index is 12.8. The number of nitrogens with zero attached hydrogens (tertiary/aromatic N) is 2. The predicted octanol–water partition coefficient (Wildman–Crippen LogP) is 3.84. The minimum absolute atomic E-state index is 0.0425. The zero-order valence-corrected chi connectivity index (χ0v) is 15.9. The minimum atomic E-state index is 0.0425. The molecule has 2 aliphatic rings. The van der Waals surface area contributed by atoms with Crippen molar-refractivity contribution in [1.29, 1.82) is 0 Å². The monoisotopic (exact) mass is 373 g/mol. The maximum Gasteiger partial charge on any atom is 0.273 e. The van der Waals surface area contributed by atoms with Crippen LogP contribution in [0.15, 0.2) is 18.2 Å². The molecule has 1 N–H and O–H groups in total. The van der Waals surface area contributed by atoms with Crippen LogP contribution in [0, 0.1) is 12.8 Å². The number of aromatic nitrogens is 1. The van der Waals surface area contributed by atoms with Crippen molar-refractivity contribution in [2.24, 2.45) is 5.92 Å². The van der Waals surface area contributed by atoms with Gasteiger partial charge in [0.1, 0.15) is 18.9 Å². The van der Waals surface area contributed by atoms with Crippen molar-refractivity contribution < 1.29 is 14.3 Å². The Bertz CT molecular complexity index is 812. The summed E-state index contributed by atoms with van der Waals surface area (Å²) in [6.07, 6.45) is 2.13. The van der Waals surface area contributed by atoms with Gasteiger partial charge in [-0.05, 0) is 37.8 Å². The Kier molecular flexibility index (Phi) is 4.72. The largest absolute Gasteiger partial charge is 0.486 e. The summed E-state index contributed by atoms with van der Waals surface area (Å²) in [4.78, 5) is 20.2. The van der Waals surface area contributed by atoms with Crippen LogP contribution in [-0.4, -0.2) is 42.1 Å². The number of fused-ring (bicyclic) bond motifs is 1. The highest BCUT2D eigenvalue weighted by Crippen LogP contribution is 2.34. The molecule has 1 saturated heterocycles. The molecule has 3 heterocycles. The van der Waals surface area contributed by atoms with Gasteiger partial charge in [0.15, 0.2) is 16.6 Å². The number of thiazole rings is 1. The lowest BCUT2D eigenvalue weighted by Crippen LogP contribution is -2.38. The molecule has 0 aliphatic carbocycles. The van der Waals surface area contributed by atoms with E-state index >= 15 is 0 Å². The molecular weight excluding hydrogens is 350 g/mol. The van der Waals surface area contributed by atoms with Crippen molar-refractivity contribution in [3.8, 4) is 11.5 Å². The van der Waals surface area contributed by atoms with E-state index in [2.05, 4.69) is 17.2 Å². The molecule has 1 aromatic carbocycles. The Balaban J connectivity index is 1.49. The second kappa shape index (κ2) is 7.15. The summed E-state index contributed by atoms with van der Waals surface area (Å²) in [5.41, 5.74) is 1.43. The van der Waals surface area contributed by atoms with Crippen molar-refractivity contribution >= 4 is 28.1 Å². The number of piperidine rings is 1. The molecule has 0 saturated carbocycles. The number of carbonyl (C=O) groups is 1. The second-order valence-electron chi connectivity index (χ2n) is 6.88. The Morgan fingerprint density at radius 2 is 1.96 bits per heavy atom. The summed E-state index contributed by atoms with van der Waals surface area (Å²) in [6, 6.07) is 5.72. The number of rotatable bonds is 3. The summed E-state index contributed by atoms with van der Waals surface area (Å²) in [6.45, 7) is 6.97.